The second kappa shape index (κ2) is 15.1. The maximum absolute atomic E-state index is 10.7. The molecule has 5 rings (SSSR count). The zero-order chi connectivity index (χ0) is 39.0. The molecular formula is C31H28F12N6P2Ru. The van der Waals surface area contributed by atoms with Crippen LogP contribution < -0.4 is 0 Å². The third kappa shape index (κ3) is 16.9. The van der Waals surface area contributed by atoms with Crippen LogP contribution in [0.4, 0.5) is 50.4 Å². The third-order valence-corrected chi connectivity index (χ3v) is 6.48. The summed E-state index contributed by atoms with van der Waals surface area (Å²) >= 11 is 0. The summed E-state index contributed by atoms with van der Waals surface area (Å²) in [5, 5.41) is 7.32. The van der Waals surface area contributed by atoms with Crippen LogP contribution in [-0.2, 0) is 30.3 Å². The summed E-state index contributed by atoms with van der Waals surface area (Å²) < 4.78 is 118. The van der Waals surface area contributed by atoms with Gasteiger partial charge in [-0.2, -0.15) is 5.26 Å². The topological polar surface area (TPSA) is 88.2 Å². The van der Waals surface area contributed by atoms with Gasteiger partial charge in [0, 0.05) is 31.7 Å². The Morgan fingerprint density at radius 3 is 0.808 bits per heavy atom. The van der Waals surface area contributed by atoms with Crippen LogP contribution in [0.3, 0.4) is 0 Å². The van der Waals surface area contributed by atoms with Gasteiger partial charge in [0.15, 0.2) is 0 Å². The Balaban J connectivity index is 0.000000629. The Morgan fingerprint density at radius 1 is 0.442 bits per heavy atom. The van der Waals surface area contributed by atoms with E-state index in [9.17, 15) is 50.4 Å². The van der Waals surface area contributed by atoms with E-state index in [-0.39, 0.29) is 19.5 Å². The van der Waals surface area contributed by atoms with E-state index >= 15 is 0 Å². The average molecular weight is 876 g/mol. The Morgan fingerprint density at radius 2 is 0.635 bits per heavy atom. The first-order valence-electron chi connectivity index (χ1n) is 14.0. The maximum atomic E-state index is 9.87. The summed E-state index contributed by atoms with van der Waals surface area (Å²) in [5.74, 6) is 0. The Kier molecular flexibility index (Phi) is 13.3. The van der Waals surface area contributed by atoms with Gasteiger partial charge in [0.25, 0.3) is 0 Å². The molecule has 0 radical (unpaired) electrons. The Bertz CT molecular complexity index is 1690. The molecule has 0 aliphatic heterocycles. The molecule has 0 spiro atoms. The van der Waals surface area contributed by atoms with E-state index in [1.807, 2.05) is 116 Å². The molecule has 0 aliphatic carbocycles. The fourth-order valence-corrected chi connectivity index (χ4v) is 4.41. The molecule has 5 heterocycles. The number of nitriles is 1. The predicted molar refractivity (Wildman–Crippen MR) is 171 cm³/mol. The summed E-state index contributed by atoms with van der Waals surface area (Å²) in [6.45, 7) is 5.69. The Hall–Kier alpha value is -4.12. The summed E-state index contributed by atoms with van der Waals surface area (Å²) in [4.78, 5) is 24.1. The molecule has 0 atom stereocenters. The average Bonchev–Trinajstić information content (AvgIpc) is 3.03. The van der Waals surface area contributed by atoms with Crippen LogP contribution in [0, 0.1) is 11.3 Å². The van der Waals surface area contributed by atoms with Crippen molar-refractivity contribution in [1.82, 2.24) is 24.9 Å². The van der Waals surface area contributed by atoms with Gasteiger partial charge in [-0.05, 0) is 74.5 Å². The maximum Gasteiger partial charge on any atom is 2.00 e. The number of nitrogens with zero attached hydrogens (tertiary/aromatic N) is 6. The van der Waals surface area contributed by atoms with Gasteiger partial charge in [-0.1, -0.05) is 30.3 Å². The number of halogens is 12. The summed E-state index contributed by atoms with van der Waals surface area (Å²) in [6.07, 6.45) is 7.25. The minimum atomic E-state index is -10.7. The van der Waals surface area contributed by atoms with E-state index in [4.69, 9.17) is 30.2 Å². The van der Waals surface area contributed by atoms with Gasteiger partial charge < -0.3 is 0 Å². The van der Waals surface area contributed by atoms with Crippen molar-refractivity contribution >= 4 is 15.6 Å². The predicted octanol–water partition coefficient (Wildman–Crippen LogP) is 12.7. The molecular weight excluding hydrogens is 847 g/mol. The molecule has 284 valence electrons. The van der Waals surface area contributed by atoms with Gasteiger partial charge in [-0.3, -0.25) is 24.9 Å². The monoisotopic (exact) mass is 876 g/mol. The van der Waals surface area contributed by atoms with Gasteiger partial charge in [-0.25, -0.2) is 0 Å². The van der Waals surface area contributed by atoms with Crippen molar-refractivity contribution in [2.45, 2.75) is 31.6 Å². The van der Waals surface area contributed by atoms with Crippen LogP contribution in [0.15, 0.2) is 116 Å². The summed E-state index contributed by atoms with van der Waals surface area (Å²) in [7, 11) is -21.3. The fourth-order valence-electron chi connectivity index (χ4n) is 4.41. The van der Waals surface area contributed by atoms with E-state index in [2.05, 4.69) is 13.8 Å². The molecule has 0 amide bonds. The van der Waals surface area contributed by atoms with Crippen molar-refractivity contribution in [3.8, 4) is 6.07 Å². The SMILES string of the molecule is CC#N.CC(c1ccccn1)(c1ccccn1)c1cccc(C(C)(c2ccccn2)c2ccccn2)n1.F[P-](F)(F)(F)(F)F.F[P-](F)(F)(F)(F)F.[Ru+2]. The Labute approximate surface area is 302 Å². The number of rotatable bonds is 6. The van der Waals surface area contributed by atoms with Crippen molar-refractivity contribution in [2.24, 2.45) is 0 Å². The van der Waals surface area contributed by atoms with Crippen LogP contribution in [0.1, 0.15) is 54.9 Å². The molecule has 21 heteroatoms. The molecule has 6 nitrogen and oxygen atoms in total. The summed E-state index contributed by atoms with van der Waals surface area (Å²) in [5.41, 5.74) is 3.97. The van der Waals surface area contributed by atoms with Gasteiger partial charge >= 0.3 is 85.5 Å². The van der Waals surface area contributed by atoms with Gasteiger partial charge in [0.2, 0.25) is 0 Å². The minimum Gasteiger partial charge on any atom is 2.00 e. The van der Waals surface area contributed by atoms with E-state index < -0.39 is 26.4 Å². The van der Waals surface area contributed by atoms with Crippen LogP contribution in [0.2, 0.25) is 0 Å². The van der Waals surface area contributed by atoms with Gasteiger partial charge in [0.05, 0.1) is 51.1 Å². The molecule has 0 bridgehead atoms. The van der Waals surface area contributed by atoms with Crippen LogP contribution in [-0.4, -0.2) is 24.9 Å². The van der Waals surface area contributed by atoms with Crippen molar-refractivity contribution in [3.05, 3.63) is 150 Å². The number of hydrogen-bond donors (Lipinski definition) is 0. The second-order valence-corrected chi connectivity index (χ2v) is 14.5. The molecule has 0 fully saturated rings. The molecule has 0 saturated carbocycles. The van der Waals surface area contributed by atoms with Crippen molar-refractivity contribution < 1.29 is 69.8 Å². The van der Waals surface area contributed by atoms with E-state index in [1.54, 1.807) is 6.07 Å². The van der Waals surface area contributed by atoms with Crippen LogP contribution in [0.25, 0.3) is 0 Å². The molecule has 5 aromatic rings. The molecule has 5 aromatic heterocycles. The molecule has 0 N–H and O–H groups in total. The largest absolute Gasteiger partial charge is 2.00 e. The van der Waals surface area contributed by atoms with Crippen molar-refractivity contribution in [1.29, 1.82) is 5.26 Å². The number of hydrogen-bond acceptors (Lipinski definition) is 6. The van der Waals surface area contributed by atoms with E-state index in [1.165, 1.54) is 6.92 Å². The first-order chi connectivity index (χ1) is 22.9. The molecule has 0 unspecified atom stereocenters. The molecule has 52 heavy (non-hydrogen) atoms. The quantitative estimate of drug-likeness (QED) is 0.0959. The van der Waals surface area contributed by atoms with Crippen molar-refractivity contribution in [2.75, 3.05) is 0 Å². The van der Waals surface area contributed by atoms with Crippen molar-refractivity contribution in [3.63, 3.8) is 0 Å². The van der Waals surface area contributed by atoms with E-state index in [0.717, 1.165) is 34.2 Å². The second-order valence-electron chi connectivity index (χ2n) is 10.7. The fraction of sp³-hybridized carbons (Fsp3) is 0.161. The third-order valence-electron chi connectivity index (χ3n) is 6.48. The first kappa shape index (κ1) is 45.9. The van der Waals surface area contributed by atoms with Gasteiger partial charge in [-0.15, -0.1) is 0 Å². The molecule has 0 aromatic carbocycles. The first-order valence-corrected chi connectivity index (χ1v) is 18.1. The molecule has 0 saturated heterocycles. The summed E-state index contributed by atoms with van der Waals surface area (Å²) in [6, 6.07) is 31.7. The minimum absolute atomic E-state index is 0. The zero-order valence-corrected chi connectivity index (χ0v) is 30.5. The zero-order valence-electron chi connectivity index (χ0n) is 26.9. The van der Waals surface area contributed by atoms with Crippen LogP contribution >= 0.6 is 15.6 Å². The number of aromatic nitrogens is 5. The van der Waals surface area contributed by atoms with Crippen LogP contribution in [0.5, 0.6) is 0 Å². The van der Waals surface area contributed by atoms with E-state index in [0.29, 0.717) is 0 Å². The number of pyridine rings is 5. The standard InChI is InChI=1S/C29H25N5.C2H3N.2F6P.Ru/c1-28(22-12-3-7-18-30-22,23-13-4-8-19-31-23)26-16-11-17-27(34-26)29(2,24-14-5-9-20-32-24)25-15-6-10-21-33-25;1-2-3;2*1-7(2,3,4,5)6;/h3-21H,1-2H3;1H3;;;/q;;2*-1;+2. The normalized spacial score (nSPS) is 14.1. The van der Waals surface area contributed by atoms with Gasteiger partial charge in [0.1, 0.15) is 0 Å². The molecule has 0 aliphatic rings. The smallest absolute Gasteiger partial charge is 2.00 e.